The summed E-state index contributed by atoms with van der Waals surface area (Å²) < 4.78 is 0. The first-order chi connectivity index (χ1) is 9.80. The molecule has 6 heteroatoms. The second-order valence-electron chi connectivity index (χ2n) is 4.83. The molecule has 1 aromatic rings. The van der Waals surface area contributed by atoms with E-state index < -0.39 is 23.5 Å². The fraction of sp³-hybridized carbons (Fsp3) is 0.333. The SMILES string of the molecule is CC(O)(C#Cc1ccccc1)CNC(CC(N)=O)C(=O)O. The Labute approximate surface area is 123 Å². The summed E-state index contributed by atoms with van der Waals surface area (Å²) in [6, 6.07) is 7.95. The van der Waals surface area contributed by atoms with Gasteiger partial charge in [0.15, 0.2) is 0 Å². The minimum absolute atomic E-state index is 0.100. The van der Waals surface area contributed by atoms with E-state index >= 15 is 0 Å². The monoisotopic (exact) mass is 290 g/mol. The molecule has 5 N–H and O–H groups in total. The molecule has 0 spiro atoms. The molecule has 2 unspecified atom stereocenters. The maximum Gasteiger partial charge on any atom is 0.321 e. The third-order valence-corrected chi connectivity index (χ3v) is 2.65. The minimum atomic E-state index is -1.43. The van der Waals surface area contributed by atoms with Crippen molar-refractivity contribution in [1.29, 1.82) is 0 Å². The standard InChI is InChI=1S/C15H18N2O4/c1-15(21,8-7-11-5-3-2-4-6-11)10-17-12(14(19)20)9-13(16)18/h2-6,12,17,21H,9-10H2,1H3,(H2,16,18)(H,19,20). The molecular formula is C15H18N2O4. The quantitative estimate of drug-likeness (QED) is 0.538. The Hall–Kier alpha value is -2.36. The van der Waals surface area contributed by atoms with Crippen LogP contribution in [-0.4, -0.2) is 40.3 Å². The van der Waals surface area contributed by atoms with Crippen molar-refractivity contribution in [3.8, 4) is 11.8 Å². The number of carboxylic acid groups (broad SMARTS) is 1. The van der Waals surface area contributed by atoms with Gasteiger partial charge in [-0.2, -0.15) is 0 Å². The van der Waals surface area contributed by atoms with E-state index in [1.807, 2.05) is 18.2 Å². The Morgan fingerprint density at radius 1 is 1.38 bits per heavy atom. The van der Waals surface area contributed by atoms with Crippen molar-refractivity contribution in [2.75, 3.05) is 6.54 Å². The van der Waals surface area contributed by atoms with Crippen molar-refractivity contribution >= 4 is 11.9 Å². The van der Waals surface area contributed by atoms with Crippen LogP contribution >= 0.6 is 0 Å². The molecule has 0 radical (unpaired) electrons. The number of carboxylic acids is 1. The highest BCUT2D eigenvalue weighted by atomic mass is 16.4. The van der Waals surface area contributed by atoms with Gasteiger partial charge in [0.1, 0.15) is 11.6 Å². The van der Waals surface area contributed by atoms with Crippen LogP contribution in [0, 0.1) is 11.8 Å². The number of hydrogen-bond acceptors (Lipinski definition) is 4. The van der Waals surface area contributed by atoms with Crippen LogP contribution in [0.3, 0.4) is 0 Å². The molecule has 0 fully saturated rings. The molecule has 1 rings (SSSR count). The third-order valence-electron chi connectivity index (χ3n) is 2.65. The van der Waals surface area contributed by atoms with Crippen LogP contribution in [0.25, 0.3) is 0 Å². The van der Waals surface area contributed by atoms with Crippen molar-refractivity contribution in [2.45, 2.75) is 25.0 Å². The van der Waals surface area contributed by atoms with E-state index in [1.54, 1.807) is 12.1 Å². The van der Waals surface area contributed by atoms with E-state index in [-0.39, 0.29) is 13.0 Å². The highest BCUT2D eigenvalue weighted by molar-refractivity contribution is 5.83. The number of benzene rings is 1. The molecule has 21 heavy (non-hydrogen) atoms. The summed E-state index contributed by atoms with van der Waals surface area (Å²) in [5.74, 6) is 3.52. The third kappa shape index (κ3) is 6.56. The summed E-state index contributed by atoms with van der Waals surface area (Å²) >= 11 is 0. The van der Waals surface area contributed by atoms with Gasteiger partial charge in [-0.05, 0) is 19.1 Å². The van der Waals surface area contributed by atoms with E-state index in [1.165, 1.54) is 6.92 Å². The molecule has 0 aromatic heterocycles. The van der Waals surface area contributed by atoms with Gasteiger partial charge in [0.05, 0.1) is 6.42 Å². The molecule has 1 aromatic carbocycles. The first-order valence-corrected chi connectivity index (χ1v) is 6.35. The smallest absolute Gasteiger partial charge is 0.321 e. The first kappa shape index (κ1) is 16.7. The fourth-order valence-electron chi connectivity index (χ4n) is 1.54. The number of nitrogens with two attached hydrogens (primary N) is 1. The van der Waals surface area contributed by atoms with Gasteiger partial charge in [-0.25, -0.2) is 0 Å². The predicted octanol–water partition coefficient (Wildman–Crippen LogP) is -0.293. The molecule has 0 bridgehead atoms. The van der Waals surface area contributed by atoms with Crippen LogP contribution in [0.15, 0.2) is 30.3 Å². The Balaban J connectivity index is 2.65. The maximum atomic E-state index is 10.9. The van der Waals surface area contributed by atoms with E-state index in [4.69, 9.17) is 10.8 Å². The number of amides is 1. The second-order valence-corrected chi connectivity index (χ2v) is 4.83. The van der Waals surface area contributed by atoms with Gasteiger partial charge < -0.3 is 21.3 Å². The molecule has 6 nitrogen and oxygen atoms in total. The Bertz CT molecular complexity index is 558. The molecule has 0 aliphatic rings. The number of aliphatic carboxylic acids is 1. The van der Waals surface area contributed by atoms with Crippen LogP contribution in [0.1, 0.15) is 18.9 Å². The lowest BCUT2D eigenvalue weighted by atomic mass is 10.1. The van der Waals surface area contributed by atoms with Gasteiger partial charge in [0.2, 0.25) is 5.91 Å². The predicted molar refractivity (Wildman–Crippen MR) is 77.2 cm³/mol. The van der Waals surface area contributed by atoms with E-state index in [0.29, 0.717) is 0 Å². The van der Waals surface area contributed by atoms with E-state index in [9.17, 15) is 14.7 Å². The number of nitrogens with one attached hydrogen (secondary N) is 1. The van der Waals surface area contributed by atoms with Crippen LogP contribution < -0.4 is 11.1 Å². The van der Waals surface area contributed by atoms with Crippen LogP contribution in [-0.2, 0) is 9.59 Å². The van der Waals surface area contributed by atoms with Crippen molar-refractivity contribution in [1.82, 2.24) is 5.32 Å². The Morgan fingerprint density at radius 3 is 2.52 bits per heavy atom. The second kappa shape index (κ2) is 7.43. The van der Waals surface area contributed by atoms with E-state index in [0.717, 1.165) is 5.56 Å². The van der Waals surface area contributed by atoms with Crippen molar-refractivity contribution in [2.24, 2.45) is 5.73 Å². The highest BCUT2D eigenvalue weighted by Crippen LogP contribution is 2.03. The molecule has 1 amide bonds. The van der Waals surface area contributed by atoms with Gasteiger partial charge in [0.25, 0.3) is 0 Å². The van der Waals surface area contributed by atoms with Gasteiger partial charge in [-0.3, -0.25) is 9.59 Å². The fourth-order valence-corrected chi connectivity index (χ4v) is 1.54. The zero-order valence-electron chi connectivity index (χ0n) is 11.7. The van der Waals surface area contributed by atoms with Crippen molar-refractivity contribution < 1.29 is 19.8 Å². The van der Waals surface area contributed by atoms with E-state index in [2.05, 4.69) is 17.2 Å². The highest BCUT2D eigenvalue weighted by Gasteiger charge is 2.24. The van der Waals surface area contributed by atoms with Crippen molar-refractivity contribution in [3.05, 3.63) is 35.9 Å². The molecule has 0 saturated heterocycles. The molecule has 0 aliphatic heterocycles. The molecular weight excluding hydrogens is 272 g/mol. The first-order valence-electron chi connectivity index (χ1n) is 6.35. The van der Waals surface area contributed by atoms with Gasteiger partial charge >= 0.3 is 5.97 Å². The average Bonchev–Trinajstić information content (AvgIpc) is 2.42. The zero-order valence-corrected chi connectivity index (χ0v) is 11.7. The lowest BCUT2D eigenvalue weighted by Crippen LogP contribution is -2.46. The number of rotatable bonds is 6. The van der Waals surface area contributed by atoms with Crippen molar-refractivity contribution in [3.63, 3.8) is 0 Å². The van der Waals surface area contributed by atoms with Crippen LogP contribution in [0.5, 0.6) is 0 Å². The topological polar surface area (TPSA) is 113 Å². The summed E-state index contributed by atoms with van der Waals surface area (Å²) in [4.78, 5) is 21.7. The number of carbonyl (C=O) groups excluding carboxylic acids is 1. The number of carbonyl (C=O) groups is 2. The lowest BCUT2D eigenvalue weighted by molar-refractivity contribution is -0.141. The summed E-state index contributed by atoms with van der Waals surface area (Å²) in [5, 5.41) is 21.6. The van der Waals surface area contributed by atoms with Gasteiger partial charge in [-0.15, -0.1) is 0 Å². The maximum absolute atomic E-state index is 10.9. The summed E-state index contributed by atoms with van der Waals surface area (Å²) in [7, 11) is 0. The summed E-state index contributed by atoms with van der Waals surface area (Å²) in [6.07, 6.45) is -0.350. The summed E-state index contributed by atoms with van der Waals surface area (Å²) in [6.45, 7) is 1.36. The normalized spacial score (nSPS) is 14.4. The lowest BCUT2D eigenvalue weighted by Gasteiger charge is -2.20. The minimum Gasteiger partial charge on any atom is -0.480 e. The summed E-state index contributed by atoms with van der Waals surface area (Å²) in [5.41, 5.74) is 4.28. The zero-order chi connectivity index (χ0) is 15.9. The number of primary amides is 1. The number of hydrogen-bond donors (Lipinski definition) is 4. The molecule has 0 saturated carbocycles. The molecule has 0 aliphatic carbocycles. The van der Waals surface area contributed by atoms with Crippen LogP contribution in [0.2, 0.25) is 0 Å². The van der Waals surface area contributed by atoms with Gasteiger partial charge in [-0.1, -0.05) is 30.0 Å². The molecule has 0 heterocycles. The number of aliphatic hydroxyl groups is 1. The average molecular weight is 290 g/mol. The Morgan fingerprint density at radius 2 is 2.00 bits per heavy atom. The Kier molecular flexibility index (Phi) is 5.91. The van der Waals surface area contributed by atoms with Crippen LogP contribution in [0.4, 0.5) is 0 Å². The van der Waals surface area contributed by atoms with Gasteiger partial charge in [0, 0.05) is 12.1 Å². The largest absolute Gasteiger partial charge is 0.480 e. The molecule has 112 valence electrons. The molecule has 2 atom stereocenters.